The van der Waals surface area contributed by atoms with E-state index in [0.717, 1.165) is 35.3 Å². The number of benzene rings is 2. The van der Waals surface area contributed by atoms with Crippen molar-refractivity contribution in [3.05, 3.63) is 64.6 Å². The van der Waals surface area contributed by atoms with Gasteiger partial charge in [0.05, 0.1) is 23.6 Å². The molecule has 2 aromatic carbocycles. The van der Waals surface area contributed by atoms with Crippen LogP contribution in [0.1, 0.15) is 23.7 Å². The van der Waals surface area contributed by atoms with Gasteiger partial charge in [-0.25, -0.2) is 9.97 Å². The van der Waals surface area contributed by atoms with Gasteiger partial charge in [0.15, 0.2) is 5.75 Å². The topological polar surface area (TPSA) is 43.2 Å². The van der Waals surface area contributed by atoms with Gasteiger partial charge in [0.25, 0.3) is 0 Å². The van der Waals surface area contributed by atoms with Crippen LogP contribution in [0.2, 0.25) is 5.02 Å². The summed E-state index contributed by atoms with van der Waals surface area (Å²) in [5.41, 5.74) is 8.14. The third kappa shape index (κ3) is 3.60. The monoisotopic (exact) mass is 468 g/mol. The fraction of sp³-hybridized carbons (Fsp3) is 0.280. The fourth-order valence-corrected chi connectivity index (χ4v) is 5.05. The Labute approximate surface area is 195 Å². The average molecular weight is 469 g/mol. The molecule has 5 rings (SSSR count). The van der Waals surface area contributed by atoms with Crippen LogP contribution in [0.5, 0.6) is 5.75 Å². The second-order valence-corrected chi connectivity index (χ2v) is 8.57. The van der Waals surface area contributed by atoms with Crippen molar-refractivity contribution in [3.63, 3.8) is 0 Å². The van der Waals surface area contributed by atoms with Gasteiger partial charge in [0.1, 0.15) is 0 Å². The molecule has 3 heterocycles. The summed E-state index contributed by atoms with van der Waals surface area (Å²) in [6.07, 6.45) is 3.44. The maximum Gasteiger partial charge on any atom is 0.387 e. The lowest BCUT2D eigenvalue weighted by Crippen LogP contribution is -2.30. The van der Waals surface area contributed by atoms with Crippen molar-refractivity contribution in [2.24, 2.45) is 0 Å². The molecule has 0 unspecified atom stereocenters. The van der Waals surface area contributed by atoms with E-state index in [1.165, 1.54) is 34.6 Å². The summed E-state index contributed by atoms with van der Waals surface area (Å²) in [6, 6.07) is 10.2. The summed E-state index contributed by atoms with van der Waals surface area (Å²) in [5, 5.41) is 1.88. The summed E-state index contributed by atoms with van der Waals surface area (Å²) < 4.78 is 31.8. The van der Waals surface area contributed by atoms with E-state index in [1.54, 1.807) is 0 Å². The molecule has 0 amide bonds. The Morgan fingerprint density at radius 2 is 1.79 bits per heavy atom. The third-order valence-corrected chi connectivity index (χ3v) is 6.54. The van der Waals surface area contributed by atoms with Crippen LogP contribution in [0.3, 0.4) is 0 Å². The second-order valence-electron chi connectivity index (χ2n) is 8.14. The van der Waals surface area contributed by atoms with Crippen LogP contribution in [0.25, 0.3) is 22.0 Å². The SMILES string of the molecule is CCc1c(C)c2c3c(cc(C)n3CCN2c2ncc(OC(F)F)cn2)c1-c1ccc(Cl)cc1. The lowest BCUT2D eigenvalue weighted by molar-refractivity contribution is -0.0503. The molecule has 0 aliphatic carbocycles. The van der Waals surface area contributed by atoms with Crippen molar-refractivity contribution in [2.75, 3.05) is 11.4 Å². The molecule has 0 spiro atoms. The Bertz CT molecular complexity index is 1330. The van der Waals surface area contributed by atoms with E-state index in [9.17, 15) is 8.78 Å². The van der Waals surface area contributed by atoms with E-state index in [-0.39, 0.29) is 5.75 Å². The predicted molar refractivity (Wildman–Crippen MR) is 127 cm³/mol. The molecule has 0 radical (unpaired) electrons. The van der Waals surface area contributed by atoms with Gasteiger partial charge < -0.3 is 14.2 Å². The summed E-state index contributed by atoms with van der Waals surface area (Å²) in [7, 11) is 0. The Balaban J connectivity index is 1.73. The summed E-state index contributed by atoms with van der Waals surface area (Å²) >= 11 is 6.16. The summed E-state index contributed by atoms with van der Waals surface area (Å²) in [5.74, 6) is 0.409. The molecule has 2 aromatic heterocycles. The zero-order chi connectivity index (χ0) is 23.3. The molecule has 170 valence electrons. The van der Waals surface area contributed by atoms with Crippen LogP contribution in [0, 0.1) is 13.8 Å². The van der Waals surface area contributed by atoms with Gasteiger partial charge in [0.2, 0.25) is 5.95 Å². The van der Waals surface area contributed by atoms with E-state index < -0.39 is 6.61 Å². The number of aryl methyl sites for hydroxylation is 1. The van der Waals surface area contributed by atoms with E-state index in [0.29, 0.717) is 17.5 Å². The minimum absolute atomic E-state index is 0.0563. The largest absolute Gasteiger partial charge is 0.432 e. The first-order valence-electron chi connectivity index (χ1n) is 10.8. The molecule has 4 aromatic rings. The molecular weight excluding hydrogens is 446 g/mol. The van der Waals surface area contributed by atoms with Gasteiger partial charge in [-0.05, 0) is 60.7 Å². The van der Waals surface area contributed by atoms with Crippen LogP contribution in [0.15, 0.2) is 42.7 Å². The maximum atomic E-state index is 12.5. The van der Waals surface area contributed by atoms with E-state index in [1.807, 2.05) is 12.1 Å². The first kappa shape index (κ1) is 21.6. The van der Waals surface area contributed by atoms with Gasteiger partial charge in [-0.15, -0.1) is 0 Å². The van der Waals surface area contributed by atoms with Crippen LogP contribution in [0.4, 0.5) is 20.4 Å². The summed E-state index contributed by atoms with van der Waals surface area (Å²) in [4.78, 5) is 10.8. The molecule has 0 bridgehead atoms. The van der Waals surface area contributed by atoms with Crippen molar-refractivity contribution in [1.29, 1.82) is 0 Å². The first-order valence-corrected chi connectivity index (χ1v) is 11.2. The quantitative estimate of drug-likeness (QED) is 0.327. The smallest absolute Gasteiger partial charge is 0.387 e. The molecule has 33 heavy (non-hydrogen) atoms. The van der Waals surface area contributed by atoms with Crippen molar-refractivity contribution < 1.29 is 13.5 Å². The Kier molecular flexibility index (Phi) is 5.44. The standard InChI is InChI=1S/C25H23ClF2N4O/c1-4-19-15(3)22-23-20(21(19)16-5-7-17(26)8-6-16)11-14(2)31(23)9-10-32(22)25-29-12-18(13-30-25)33-24(27)28/h5-8,11-13,24H,4,9-10H2,1-3H3. The molecular formula is C25H23ClF2N4O. The second kappa shape index (κ2) is 8.30. The fourth-order valence-electron chi connectivity index (χ4n) is 4.92. The Hall–Kier alpha value is -3.19. The molecule has 1 aliphatic heterocycles. The zero-order valence-electron chi connectivity index (χ0n) is 18.6. The van der Waals surface area contributed by atoms with Crippen LogP contribution >= 0.6 is 11.6 Å². The number of rotatable bonds is 5. The van der Waals surface area contributed by atoms with Crippen molar-refractivity contribution >= 4 is 34.1 Å². The molecule has 1 aliphatic rings. The van der Waals surface area contributed by atoms with E-state index in [2.05, 4.69) is 63.1 Å². The highest BCUT2D eigenvalue weighted by Crippen LogP contribution is 2.46. The first-order chi connectivity index (χ1) is 15.9. The van der Waals surface area contributed by atoms with E-state index in [4.69, 9.17) is 11.6 Å². The number of nitrogens with zero attached hydrogens (tertiary/aromatic N) is 4. The highest BCUT2D eigenvalue weighted by atomic mass is 35.5. The van der Waals surface area contributed by atoms with Crippen molar-refractivity contribution in [1.82, 2.24) is 14.5 Å². The van der Waals surface area contributed by atoms with Crippen molar-refractivity contribution in [2.45, 2.75) is 40.3 Å². The van der Waals surface area contributed by atoms with Gasteiger partial charge >= 0.3 is 6.61 Å². The number of hydrogen-bond donors (Lipinski definition) is 0. The predicted octanol–water partition coefficient (Wildman–Crippen LogP) is 6.68. The molecule has 8 heteroatoms. The highest BCUT2D eigenvalue weighted by Gasteiger charge is 2.29. The molecule has 0 saturated heterocycles. The normalized spacial score (nSPS) is 13.2. The third-order valence-electron chi connectivity index (χ3n) is 6.29. The molecule has 5 nitrogen and oxygen atoms in total. The Morgan fingerprint density at radius 1 is 1.09 bits per heavy atom. The van der Waals surface area contributed by atoms with Gasteiger partial charge in [-0.3, -0.25) is 0 Å². The number of ether oxygens (including phenoxy) is 1. The van der Waals surface area contributed by atoms with Crippen LogP contribution in [-0.4, -0.2) is 27.7 Å². The number of halogens is 3. The van der Waals surface area contributed by atoms with Crippen LogP contribution in [-0.2, 0) is 13.0 Å². The van der Waals surface area contributed by atoms with E-state index >= 15 is 0 Å². The number of alkyl halides is 2. The van der Waals surface area contributed by atoms with Gasteiger partial charge in [0, 0.05) is 29.2 Å². The minimum atomic E-state index is -2.91. The zero-order valence-corrected chi connectivity index (χ0v) is 19.3. The molecule has 0 saturated carbocycles. The lowest BCUT2D eigenvalue weighted by atomic mass is 9.89. The Morgan fingerprint density at radius 3 is 2.42 bits per heavy atom. The number of hydrogen-bond acceptors (Lipinski definition) is 4. The van der Waals surface area contributed by atoms with Crippen LogP contribution < -0.4 is 9.64 Å². The van der Waals surface area contributed by atoms with Gasteiger partial charge in [-0.2, -0.15) is 8.78 Å². The lowest BCUT2D eigenvalue weighted by Gasteiger charge is -2.33. The number of aromatic nitrogens is 3. The maximum absolute atomic E-state index is 12.5. The average Bonchev–Trinajstić information content (AvgIpc) is 3.13. The van der Waals surface area contributed by atoms with Gasteiger partial charge in [-0.1, -0.05) is 30.7 Å². The highest BCUT2D eigenvalue weighted by molar-refractivity contribution is 6.30. The number of anilines is 2. The minimum Gasteiger partial charge on any atom is -0.432 e. The molecule has 0 N–H and O–H groups in total. The van der Waals surface area contributed by atoms with Crippen molar-refractivity contribution in [3.8, 4) is 16.9 Å². The molecule has 0 fully saturated rings. The summed E-state index contributed by atoms with van der Waals surface area (Å²) in [6.45, 7) is 4.95. The molecule has 0 atom stereocenters.